The van der Waals surface area contributed by atoms with E-state index in [1.165, 1.54) is 14.8 Å². The van der Waals surface area contributed by atoms with Crippen molar-refractivity contribution in [3.8, 4) is 0 Å². The van der Waals surface area contributed by atoms with Crippen LogP contribution < -0.4 is 0 Å². The molecule has 0 atom stereocenters. The Hall–Kier alpha value is -1.87. The Morgan fingerprint density at radius 2 is 2.00 bits per heavy atom. The first-order valence-electron chi connectivity index (χ1n) is 5.07. The summed E-state index contributed by atoms with van der Waals surface area (Å²) in [4.78, 5) is 4.08. The quantitative estimate of drug-likeness (QED) is 0.448. The molecular formula is C13H7NOS. The molecule has 0 aliphatic heterocycles. The van der Waals surface area contributed by atoms with E-state index in [0.717, 1.165) is 16.6 Å². The minimum absolute atomic E-state index is 0.870. The van der Waals surface area contributed by atoms with Crippen molar-refractivity contribution in [2.75, 3.05) is 0 Å². The van der Waals surface area contributed by atoms with Crippen LogP contribution in [0.1, 0.15) is 0 Å². The molecular weight excluding hydrogens is 218 g/mol. The van der Waals surface area contributed by atoms with Crippen molar-refractivity contribution >= 4 is 42.7 Å². The van der Waals surface area contributed by atoms with Gasteiger partial charge in [0.25, 0.3) is 0 Å². The maximum atomic E-state index is 5.85. The van der Waals surface area contributed by atoms with Crippen LogP contribution in [0.3, 0.4) is 0 Å². The Kier molecular flexibility index (Phi) is 1.47. The fourth-order valence-corrected chi connectivity index (χ4v) is 3.22. The zero-order valence-electron chi connectivity index (χ0n) is 8.31. The van der Waals surface area contributed by atoms with E-state index < -0.39 is 0 Å². The van der Waals surface area contributed by atoms with Crippen LogP contribution in [0.4, 0.5) is 0 Å². The van der Waals surface area contributed by atoms with Crippen LogP contribution in [-0.4, -0.2) is 4.98 Å². The monoisotopic (exact) mass is 225 g/mol. The highest BCUT2D eigenvalue weighted by Crippen LogP contribution is 2.39. The molecule has 0 N–H and O–H groups in total. The number of benzene rings is 1. The van der Waals surface area contributed by atoms with Gasteiger partial charge in [0.2, 0.25) is 0 Å². The Balaban J connectivity index is 2.35. The first-order valence-corrected chi connectivity index (χ1v) is 5.89. The number of furan rings is 1. The Morgan fingerprint density at radius 1 is 1.06 bits per heavy atom. The lowest BCUT2D eigenvalue weighted by molar-refractivity contribution is 0.671. The summed E-state index contributed by atoms with van der Waals surface area (Å²) >= 11 is 1.78. The van der Waals surface area contributed by atoms with E-state index >= 15 is 0 Å². The highest BCUT2D eigenvalue weighted by atomic mass is 32.1. The summed E-state index contributed by atoms with van der Waals surface area (Å²) in [7, 11) is 0. The van der Waals surface area contributed by atoms with Crippen LogP contribution in [-0.2, 0) is 0 Å². The van der Waals surface area contributed by atoms with Crippen LogP contribution >= 0.6 is 11.3 Å². The van der Waals surface area contributed by atoms with Gasteiger partial charge in [0.15, 0.2) is 11.2 Å². The number of nitrogens with zero attached hydrogens (tertiary/aromatic N) is 1. The van der Waals surface area contributed by atoms with Crippen LogP contribution in [0, 0.1) is 0 Å². The van der Waals surface area contributed by atoms with E-state index in [0.29, 0.717) is 0 Å². The van der Waals surface area contributed by atoms with Crippen LogP contribution in [0.15, 0.2) is 47.1 Å². The molecule has 0 amide bonds. The van der Waals surface area contributed by atoms with Gasteiger partial charge in [0, 0.05) is 21.7 Å². The van der Waals surface area contributed by atoms with Gasteiger partial charge in [-0.25, -0.2) is 0 Å². The predicted octanol–water partition coefficient (Wildman–Crippen LogP) is 4.20. The van der Waals surface area contributed by atoms with Crippen molar-refractivity contribution < 1.29 is 4.42 Å². The van der Waals surface area contributed by atoms with E-state index in [4.69, 9.17) is 4.42 Å². The second-order valence-electron chi connectivity index (χ2n) is 3.73. The number of hydrogen-bond donors (Lipinski definition) is 0. The Morgan fingerprint density at radius 3 is 3.00 bits per heavy atom. The molecule has 0 fully saturated rings. The van der Waals surface area contributed by atoms with Crippen molar-refractivity contribution in [3.05, 3.63) is 42.7 Å². The maximum Gasteiger partial charge on any atom is 0.154 e. The molecule has 1 aromatic carbocycles. The molecule has 3 aromatic heterocycles. The van der Waals surface area contributed by atoms with Crippen molar-refractivity contribution in [3.63, 3.8) is 0 Å². The summed E-state index contributed by atoms with van der Waals surface area (Å²) < 4.78 is 8.35. The lowest BCUT2D eigenvalue weighted by Gasteiger charge is -1.87. The molecule has 0 spiro atoms. The molecule has 3 heterocycles. The Bertz CT molecular complexity index is 743. The summed E-state index contributed by atoms with van der Waals surface area (Å²) in [6.07, 6.45) is 3.58. The van der Waals surface area contributed by atoms with E-state index in [-0.39, 0.29) is 0 Å². The lowest BCUT2D eigenvalue weighted by atomic mass is 10.2. The number of pyridine rings is 1. The number of aromatic nitrogens is 1. The highest BCUT2D eigenvalue weighted by Gasteiger charge is 2.12. The molecule has 3 heteroatoms. The van der Waals surface area contributed by atoms with Crippen molar-refractivity contribution in [1.29, 1.82) is 0 Å². The SMILES string of the molecule is c1ccc2c(c1)sc1c3ccncc3oc21. The maximum absolute atomic E-state index is 5.85. The summed E-state index contributed by atoms with van der Waals surface area (Å²) in [6, 6.07) is 10.3. The van der Waals surface area contributed by atoms with Gasteiger partial charge in [0.1, 0.15) is 0 Å². The molecule has 0 aliphatic carbocycles. The molecule has 76 valence electrons. The van der Waals surface area contributed by atoms with E-state index in [2.05, 4.69) is 23.2 Å². The molecule has 0 unspecified atom stereocenters. The van der Waals surface area contributed by atoms with Gasteiger partial charge < -0.3 is 4.42 Å². The summed E-state index contributed by atoms with van der Waals surface area (Å²) in [5.74, 6) is 0. The van der Waals surface area contributed by atoms with Gasteiger partial charge >= 0.3 is 0 Å². The summed E-state index contributed by atoms with van der Waals surface area (Å²) in [5.41, 5.74) is 1.86. The standard InChI is InChI=1S/C13H7NOS/c1-2-4-11-9(3-1)12-13(16-11)8-5-6-14-7-10(8)15-12/h1-7H. The van der Waals surface area contributed by atoms with Gasteiger partial charge in [0.05, 0.1) is 10.9 Å². The van der Waals surface area contributed by atoms with Gasteiger partial charge in [-0.15, -0.1) is 11.3 Å². The molecule has 0 aliphatic rings. The second kappa shape index (κ2) is 2.83. The third-order valence-electron chi connectivity index (χ3n) is 2.79. The largest absolute Gasteiger partial charge is 0.453 e. The normalized spacial score (nSPS) is 11.8. The molecule has 0 saturated heterocycles. The fourth-order valence-electron chi connectivity index (χ4n) is 2.06. The summed E-state index contributed by atoms with van der Waals surface area (Å²) in [5, 5.41) is 2.35. The molecule has 4 rings (SSSR count). The van der Waals surface area contributed by atoms with Gasteiger partial charge in [-0.3, -0.25) is 4.98 Å². The zero-order valence-corrected chi connectivity index (χ0v) is 9.12. The minimum atomic E-state index is 0.870. The topological polar surface area (TPSA) is 26.0 Å². The lowest BCUT2D eigenvalue weighted by Crippen LogP contribution is -1.66. The number of fused-ring (bicyclic) bond motifs is 5. The van der Waals surface area contributed by atoms with Crippen LogP contribution in [0.5, 0.6) is 0 Å². The predicted molar refractivity (Wildman–Crippen MR) is 66.9 cm³/mol. The van der Waals surface area contributed by atoms with E-state index in [1.807, 2.05) is 18.3 Å². The van der Waals surface area contributed by atoms with Gasteiger partial charge in [-0.2, -0.15) is 0 Å². The van der Waals surface area contributed by atoms with Gasteiger partial charge in [-0.05, 0) is 18.2 Å². The summed E-state index contributed by atoms with van der Waals surface area (Å²) in [6.45, 7) is 0. The Labute approximate surface area is 95.1 Å². The minimum Gasteiger partial charge on any atom is -0.453 e. The molecule has 4 aromatic rings. The van der Waals surface area contributed by atoms with Crippen molar-refractivity contribution in [1.82, 2.24) is 4.98 Å². The van der Waals surface area contributed by atoms with Gasteiger partial charge in [-0.1, -0.05) is 12.1 Å². The third kappa shape index (κ3) is 0.933. The van der Waals surface area contributed by atoms with E-state index in [1.54, 1.807) is 17.5 Å². The van der Waals surface area contributed by atoms with E-state index in [9.17, 15) is 0 Å². The molecule has 2 nitrogen and oxygen atoms in total. The van der Waals surface area contributed by atoms with Crippen LogP contribution in [0.25, 0.3) is 31.3 Å². The molecule has 16 heavy (non-hydrogen) atoms. The fraction of sp³-hybridized carbons (Fsp3) is 0. The average molecular weight is 225 g/mol. The zero-order chi connectivity index (χ0) is 10.5. The molecule has 0 radical (unpaired) electrons. The number of thiophene rings is 1. The highest BCUT2D eigenvalue weighted by molar-refractivity contribution is 7.26. The first kappa shape index (κ1) is 8.30. The first-order chi connectivity index (χ1) is 7.93. The number of hydrogen-bond acceptors (Lipinski definition) is 3. The molecule has 0 saturated carbocycles. The van der Waals surface area contributed by atoms with Crippen LogP contribution in [0.2, 0.25) is 0 Å². The average Bonchev–Trinajstić information content (AvgIpc) is 2.85. The van der Waals surface area contributed by atoms with Crippen molar-refractivity contribution in [2.24, 2.45) is 0 Å². The third-order valence-corrected chi connectivity index (χ3v) is 3.98. The second-order valence-corrected chi connectivity index (χ2v) is 4.78. The number of rotatable bonds is 0. The smallest absolute Gasteiger partial charge is 0.154 e. The van der Waals surface area contributed by atoms with Crippen molar-refractivity contribution in [2.45, 2.75) is 0 Å². The molecule has 0 bridgehead atoms.